The first-order chi connectivity index (χ1) is 15.3. The van der Waals surface area contributed by atoms with Crippen LogP contribution in [-0.2, 0) is 11.3 Å². The van der Waals surface area contributed by atoms with Crippen molar-refractivity contribution in [3.8, 4) is 0 Å². The summed E-state index contributed by atoms with van der Waals surface area (Å²) in [4.78, 5) is 28.3. The van der Waals surface area contributed by atoms with Crippen LogP contribution in [0.3, 0.4) is 0 Å². The molecular formula is C25H30ClF2N3O2. The van der Waals surface area contributed by atoms with Gasteiger partial charge in [-0.25, -0.2) is 8.78 Å². The highest BCUT2D eigenvalue weighted by Gasteiger charge is 2.40. The van der Waals surface area contributed by atoms with Crippen molar-refractivity contribution in [1.29, 1.82) is 0 Å². The molecule has 1 saturated carbocycles. The van der Waals surface area contributed by atoms with E-state index in [1.165, 1.54) is 11.1 Å². The fourth-order valence-electron chi connectivity index (χ4n) is 4.38. The fraction of sp³-hybridized carbons (Fsp3) is 0.440. The highest BCUT2D eigenvalue weighted by molar-refractivity contribution is 5.95. The van der Waals surface area contributed by atoms with Crippen molar-refractivity contribution in [3.05, 3.63) is 70.3 Å². The van der Waals surface area contributed by atoms with Crippen LogP contribution in [0.2, 0.25) is 0 Å². The van der Waals surface area contributed by atoms with Crippen LogP contribution < -0.4 is 10.6 Å². The first kappa shape index (κ1) is 25.1. The quantitative estimate of drug-likeness (QED) is 0.663. The van der Waals surface area contributed by atoms with Crippen molar-refractivity contribution in [2.75, 3.05) is 13.1 Å². The molecule has 8 heteroatoms. The molecule has 33 heavy (non-hydrogen) atoms. The van der Waals surface area contributed by atoms with Gasteiger partial charge in [-0.3, -0.25) is 9.59 Å². The Kier molecular flexibility index (Phi) is 8.08. The number of halogens is 3. The van der Waals surface area contributed by atoms with Crippen LogP contribution in [0.1, 0.15) is 46.3 Å². The molecule has 2 fully saturated rings. The molecule has 0 radical (unpaired) electrons. The minimum atomic E-state index is -0.804. The van der Waals surface area contributed by atoms with Crippen LogP contribution in [-0.4, -0.2) is 41.9 Å². The number of hydrogen-bond acceptors (Lipinski definition) is 3. The molecule has 1 aliphatic carbocycles. The van der Waals surface area contributed by atoms with Crippen molar-refractivity contribution in [2.24, 2.45) is 5.92 Å². The lowest BCUT2D eigenvalue weighted by molar-refractivity contribution is -0.138. The molecule has 2 aromatic carbocycles. The van der Waals surface area contributed by atoms with Crippen molar-refractivity contribution in [2.45, 2.75) is 51.7 Å². The second-order valence-electron chi connectivity index (χ2n) is 8.89. The maximum absolute atomic E-state index is 13.6. The van der Waals surface area contributed by atoms with E-state index in [1.54, 1.807) is 0 Å². The number of carbonyl (C=O) groups is 2. The summed E-state index contributed by atoms with van der Waals surface area (Å²) in [6.07, 6.45) is 2.54. The Morgan fingerprint density at radius 1 is 1.09 bits per heavy atom. The molecule has 2 N–H and O–H groups in total. The zero-order chi connectivity index (χ0) is 22.8. The van der Waals surface area contributed by atoms with E-state index in [0.717, 1.165) is 36.6 Å². The summed E-state index contributed by atoms with van der Waals surface area (Å²) in [6, 6.07) is 8.70. The molecule has 2 atom stereocenters. The molecule has 5 nitrogen and oxygen atoms in total. The van der Waals surface area contributed by atoms with Crippen molar-refractivity contribution < 1.29 is 18.4 Å². The van der Waals surface area contributed by atoms with Gasteiger partial charge in [-0.15, -0.1) is 12.4 Å². The molecule has 2 unspecified atom stereocenters. The molecule has 1 aliphatic heterocycles. The molecule has 2 aromatic rings. The van der Waals surface area contributed by atoms with Gasteiger partial charge in [0.25, 0.3) is 5.91 Å². The molecule has 178 valence electrons. The molecule has 1 saturated heterocycles. The maximum atomic E-state index is 13.6. The van der Waals surface area contributed by atoms with Crippen LogP contribution >= 0.6 is 12.4 Å². The van der Waals surface area contributed by atoms with Crippen LogP contribution in [0.15, 0.2) is 36.4 Å². The van der Waals surface area contributed by atoms with Gasteiger partial charge in [-0.05, 0) is 68.5 Å². The average Bonchev–Trinajstić information content (AvgIpc) is 3.59. The normalized spacial score (nSPS) is 20.0. The average molecular weight is 478 g/mol. The van der Waals surface area contributed by atoms with E-state index in [1.807, 2.05) is 11.0 Å². The van der Waals surface area contributed by atoms with Gasteiger partial charge in [0.1, 0.15) is 11.6 Å². The second kappa shape index (κ2) is 10.6. The van der Waals surface area contributed by atoms with Gasteiger partial charge in [-0.2, -0.15) is 0 Å². The monoisotopic (exact) mass is 477 g/mol. The summed E-state index contributed by atoms with van der Waals surface area (Å²) in [7, 11) is 0. The third kappa shape index (κ3) is 5.89. The topological polar surface area (TPSA) is 61.4 Å². The first-order valence-electron chi connectivity index (χ1n) is 11.2. The number of aryl methyl sites for hydroxylation is 1. The summed E-state index contributed by atoms with van der Waals surface area (Å²) in [5.41, 5.74) is 3.43. The summed E-state index contributed by atoms with van der Waals surface area (Å²) in [5.74, 6) is -2.60. The van der Waals surface area contributed by atoms with E-state index in [9.17, 15) is 18.4 Å². The number of hydrogen-bond donors (Lipinski definition) is 2. The molecule has 0 aromatic heterocycles. The minimum absolute atomic E-state index is 0. The number of benzene rings is 2. The van der Waals surface area contributed by atoms with Crippen LogP contribution in [0.25, 0.3) is 0 Å². The van der Waals surface area contributed by atoms with Gasteiger partial charge in [0, 0.05) is 36.8 Å². The van der Waals surface area contributed by atoms with E-state index in [2.05, 4.69) is 36.6 Å². The third-order valence-corrected chi connectivity index (χ3v) is 6.57. The van der Waals surface area contributed by atoms with Gasteiger partial charge in [0.2, 0.25) is 5.91 Å². The lowest BCUT2D eigenvalue weighted by atomic mass is 9.91. The summed E-state index contributed by atoms with van der Waals surface area (Å²) >= 11 is 0. The van der Waals surface area contributed by atoms with Gasteiger partial charge in [-0.1, -0.05) is 18.2 Å². The molecule has 2 aliphatic rings. The molecule has 0 bridgehead atoms. The molecule has 4 rings (SSSR count). The van der Waals surface area contributed by atoms with E-state index < -0.39 is 29.5 Å². The summed E-state index contributed by atoms with van der Waals surface area (Å²) < 4.78 is 27.1. The molecule has 1 heterocycles. The lowest BCUT2D eigenvalue weighted by Gasteiger charge is -2.36. The second-order valence-corrected chi connectivity index (χ2v) is 8.89. The predicted octanol–water partition coefficient (Wildman–Crippen LogP) is 3.90. The predicted molar refractivity (Wildman–Crippen MR) is 125 cm³/mol. The highest BCUT2D eigenvalue weighted by atomic mass is 35.5. The SMILES string of the molecule is Cc1cccc(CN(C(=O)C2CNCCC2NC(=O)c2cc(F)cc(F)c2)C2CC2)c1C.Cl. The number of carbonyl (C=O) groups excluding carboxylic acids is 2. The van der Waals surface area contributed by atoms with Gasteiger partial charge in [0.05, 0.1) is 5.92 Å². The largest absolute Gasteiger partial charge is 0.348 e. The van der Waals surface area contributed by atoms with Crippen molar-refractivity contribution in [1.82, 2.24) is 15.5 Å². The van der Waals surface area contributed by atoms with Gasteiger partial charge in [0.15, 0.2) is 0 Å². The first-order valence-corrected chi connectivity index (χ1v) is 11.2. The van der Waals surface area contributed by atoms with E-state index in [4.69, 9.17) is 0 Å². The summed E-state index contributed by atoms with van der Waals surface area (Å²) in [6.45, 7) is 5.80. The van der Waals surface area contributed by atoms with Crippen LogP contribution in [0.4, 0.5) is 8.78 Å². The Morgan fingerprint density at radius 3 is 2.45 bits per heavy atom. The maximum Gasteiger partial charge on any atom is 0.251 e. The summed E-state index contributed by atoms with van der Waals surface area (Å²) in [5, 5.41) is 6.12. The van der Waals surface area contributed by atoms with E-state index in [0.29, 0.717) is 26.1 Å². The van der Waals surface area contributed by atoms with Crippen LogP contribution in [0, 0.1) is 31.4 Å². The van der Waals surface area contributed by atoms with E-state index in [-0.39, 0.29) is 29.9 Å². The van der Waals surface area contributed by atoms with Crippen molar-refractivity contribution >= 4 is 24.2 Å². The number of piperidine rings is 1. The molecule has 2 amide bonds. The van der Waals surface area contributed by atoms with Gasteiger partial charge < -0.3 is 15.5 Å². The Hall–Kier alpha value is -2.51. The van der Waals surface area contributed by atoms with Gasteiger partial charge >= 0.3 is 0 Å². The number of amides is 2. The molecular weight excluding hydrogens is 448 g/mol. The number of nitrogens with zero attached hydrogens (tertiary/aromatic N) is 1. The number of nitrogens with one attached hydrogen (secondary N) is 2. The Bertz CT molecular complexity index is 1010. The smallest absolute Gasteiger partial charge is 0.251 e. The highest BCUT2D eigenvalue weighted by Crippen LogP contribution is 2.32. The minimum Gasteiger partial charge on any atom is -0.348 e. The zero-order valence-electron chi connectivity index (χ0n) is 18.9. The third-order valence-electron chi connectivity index (χ3n) is 6.57. The van der Waals surface area contributed by atoms with Crippen molar-refractivity contribution in [3.63, 3.8) is 0 Å². The Morgan fingerprint density at radius 2 is 1.79 bits per heavy atom. The van der Waals surface area contributed by atoms with E-state index >= 15 is 0 Å². The Labute approximate surface area is 199 Å². The zero-order valence-corrected chi connectivity index (χ0v) is 19.7. The standard InChI is InChI=1S/C25H29F2N3O2.ClH/c1-15-4-3-5-17(16(15)2)14-30(21-6-7-21)25(32)22-13-28-9-8-23(22)29-24(31)18-10-19(26)12-20(27)11-18;/h3-5,10-12,21-23,28H,6-9,13-14H2,1-2H3,(H,29,31);1H. The lowest BCUT2D eigenvalue weighted by Crippen LogP contribution is -2.55. The Balaban J connectivity index is 0.00000306. The fourth-order valence-corrected chi connectivity index (χ4v) is 4.38. The molecule has 0 spiro atoms. The van der Waals surface area contributed by atoms with Crippen LogP contribution in [0.5, 0.6) is 0 Å². The number of rotatable bonds is 6.